The number of hydrogen-bond donors (Lipinski definition) is 1. The van der Waals surface area contributed by atoms with Gasteiger partial charge in [0.05, 0.1) is 4.90 Å². The van der Waals surface area contributed by atoms with Gasteiger partial charge < -0.3 is 0 Å². The fraction of sp³-hybridized carbons (Fsp3) is 0. The highest BCUT2D eigenvalue weighted by Gasteiger charge is 1.98. The van der Waals surface area contributed by atoms with Gasteiger partial charge >= 0.3 is 0 Å². The molecule has 0 fully saturated rings. The van der Waals surface area contributed by atoms with Crippen LogP contribution in [0.4, 0.5) is 4.39 Å². The maximum Gasteiger partial charge on any atom is 0.137 e. The maximum atomic E-state index is 12.5. The quantitative estimate of drug-likeness (QED) is 0.621. The smallest absolute Gasteiger partial charge is 0.137 e. The second-order valence-corrected chi connectivity index (χ2v) is 2.87. The number of hydrogen-bond acceptors (Lipinski definition) is 1. The Labute approximate surface area is 66.6 Å². The van der Waals surface area contributed by atoms with Crippen molar-refractivity contribution in [3.05, 3.63) is 28.5 Å². The van der Waals surface area contributed by atoms with Gasteiger partial charge in [0.15, 0.2) is 0 Å². The molecule has 0 heterocycles. The lowest BCUT2D eigenvalue weighted by Gasteiger charge is -1.94. The van der Waals surface area contributed by atoms with Gasteiger partial charge in [-0.3, -0.25) is 0 Å². The Morgan fingerprint density at radius 1 is 1.44 bits per heavy atom. The van der Waals surface area contributed by atoms with E-state index < -0.39 is 0 Å². The molecule has 0 aliphatic rings. The fourth-order valence-corrected chi connectivity index (χ4v) is 0.980. The van der Waals surface area contributed by atoms with Gasteiger partial charge in [-0.05, 0) is 28.1 Å². The minimum absolute atomic E-state index is 0.298. The van der Waals surface area contributed by atoms with Gasteiger partial charge in [0.2, 0.25) is 0 Å². The summed E-state index contributed by atoms with van der Waals surface area (Å²) in [6.07, 6.45) is 0. The normalized spacial score (nSPS) is 9.67. The van der Waals surface area contributed by atoms with Crippen LogP contribution in [0.5, 0.6) is 0 Å². The zero-order valence-corrected chi connectivity index (χ0v) is 6.92. The number of halogens is 2. The lowest BCUT2D eigenvalue weighted by atomic mass is 10.3. The van der Waals surface area contributed by atoms with E-state index in [0.29, 0.717) is 9.37 Å². The van der Waals surface area contributed by atoms with E-state index in [9.17, 15) is 4.39 Å². The summed E-state index contributed by atoms with van der Waals surface area (Å²) in [5, 5.41) is 0. The van der Waals surface area contributed by atoms with Crippen LogP contribution in [0.3, 0.4) is 0 Å². The molecule has 1 aromatic rings. The third-order valence-corrected chi connectivity index (χ3v) is 2.36. The molecule has 0 unspecified atom stereocenters. The average Bonchev–Trinajstić information content (AvgIpc) is 1.83. The minimum atomic E-state index is -0.298. The second kappa shape index (κ2) is 2.71. The highest BCUT2D eigenvalue weighted by molar-refractivity contribution is 9.10. The third-order valence-electron chi connectivity index (χ3n) is 0.938. The molecule has 9 heavy (non-hydrogen) atoms. The molecule has 0 saturated carbocycles. The van der Waals surface area contributed by atoms with Gasteiger partial charge in [0.1, 0.15) is 5.82 Å². The molecule has 1 aromatic carbocycles. The molecule has 0 amide bonds. The number of benzene rings is 1. The van der Waals surface area contributed by atoms with Crippen molar-refractivity contribution >= 4 is 28.6 Å². The predicted octanol–water partition coefficient (Wildman–Crippen LogP) is 2.88. The first-order valence-electron chi connectivity index (χ1n) is 2.35. The van der Waals surface area contributed by atoms with E-state index in [1.54, 1.807) is 12.1 Å². The molecule has 0 aliphatic carbocycles. The van der Waals surface area contributed by atoms with Crippen molar-refractivity contribution in [2.75, 3.05) is 0 Å². The third kappa shape index (κ3) is 1.46. The summed E-state index contributed by atoms with van der Waals surface area (Å²) in [7, 11) is 0. The van der Waals surface area contributed by atoms with Crippen molar-refractivity contribution in [3.8, 4) is 0 Å². The summed E-state index contributed by atoms with van der Waals surface area (Å²) in [4.78, 5) is 0.359. The Kier molecular flexibility index (Phi) is 2.13. The van der Waals surface area contributed by atoms with Gasteiger partial charge in [-0.1, -0.05) is 6.07 Å². The molecular weight excluding hydrogens is 203 g/mol. The van der Waals surface area contributed by atoms with Crippen LogP contribution >= 0.6 is 28.6 Å². The molecule has 1 rings (SSSR count). The lowest BCUT2D eigenvalue weighted by molar-refractivity contribution is 0.601. The Bertz CT molecular complexity index is 204. The van der Waals surface area contributed by atoms with Gasteiger partial charge in [0.25, 0.3) is 0 Å². The summed E-state index contributed by atoms with van der Waals surface area (Å²) < 4.78 is 13.2. The van der Waals surface area contributed by atoms with Crippen LogP contribution in [-0.4, -0.2) is 0 Å². The van der Waals surface area contributed by atoms with Crippen LogP contribution in [-0.2, 0) is 0 Å². The van der Waals surface area contributed by atoms with E-state index >= 15 is 0 Å². The van der Waals surface area contributed by atoms with Crippen molar-refractivity contribution in [2.24, 2.45) is 0 Å². The highest BCUT2D eigenvalue weighted by atomic mass is 79.9. The van der Waals surface area contributed by atoms with E-state index in [0.717, 1.165) is 0 Å². The van der Waals surface area contributed by atoms with Crippen molar-refractivity contribution in [3.63, 3.8) is 0 Å². The summed E-state index contributed by atoms with van der Waals surface area (Å²) in [5.74, 6) is -0.298. The van der Waals surface area contributed by atoms with Crippen LogP contribution in [0, 0.1) is 5.82 Å². The Balaban J connectivity index is 3.25. The SMILES string of the molecule is Fc1cccc(Br)c1S. The first-order chi connectivity index (χ1) is 4.22. The van der Waals surface area contributed by atoms with Crippen molar-refractivity contribution in [2.45, 2.75) is 4.90 Å². The van der Waals surface area contributed by atoms with Gasteiger partial charge in [0, 0.05) is 4.47 Å². The predicted molar refractivity (Wildman–Crippen MR) is 41.4 cm³/mol. The molecule has 0 saturated heterocycles. The number of thiol groups is 1. The second-order valence-electron chi connectivity index (χ2n) is 1.57. The Hall–Kier alpha value is -0.0200. The first kappa shape index (κ1) is 7.09. The van der Waals surface area contributed by atoms with E-state index in [-0.39, 0.29) is 5.82 Å². The molecule has 0 spiro atoms. The first-order valence-corrected chi connectivity index (χ1v) is 3.59. The van der Waals surface area contributed by atoms with Gasteiger partial charge in [-0.25, -0.2) is 4.39 Å². The van der Waals surface area contributed by atoms with Crippen LogP contribution in [0.2, 0.25) is 0 Å². The van der Waals surface area contributed by atoms with E-state index in [2.05, 4.69) is 28.6 Å². The molecule has 0 atom stereocenters. The molecule has 0 aromatic heterocycles. The molecule has 0 N–H and O–H groups in total. The number of rotatable bonds is 0. The maximum absolute atomic E-state index is 12.5. The Morgan fingerprint density at radius 3 is 2.56 bits per heavy atom. The van der Waals surface area contributed by atoms with Crippen LogP contribution in [0.1, 0.15) is 0 Å². The molecular formula is C6H4BrFS. The molecule has 0 bridgehead atoms. The van der Waals surface area contributed by atoms with Crippen molar-refractivity contribution < 1.29 is 4.39 Å². The van der Waals surface area contributed by atoms with Crippen LogP contribution in [0.25, 0.3) is 0 Å². The fourth-order valence-electron chi connectivity index (χ4n) is 0.489. The largest absolute Gasteiger partial charge is 0.206 e. The van der Waals surface area contributed by atoms with Crippen LogP contribution < -0.4 is 0 Å². The summed E-state index contributed by atoms with van der Waals surface area (Å²) in [6.45, 7) is 0. The van der Waals surface area contributed by atoms with Gasteiger partial charge in [-0.15, -0.1) is 12.6 Å². The zero-order chi connectivity index (χ0) is 6.85. The standard InChI is InChI=1S/C6H4BrFS/c7-4-2-1-3-5(8)6(4)9/h1-3,9H. The van der Waals surface area contributed by atoms with Crippen molar-refractivity contribution in [1.29, 1.82) is 0 Å². The highest BCUT2D eigenvalue weighted by Crippen LogP contribution is 2.22. The molecule has 0 aliphatic heterocycles. The zero-order valence-electron chi connectivity index (χ0n) is 4.44. The molecule has 3 heteroatoms. The van der Waals surface area contributed by atoms with E-state index in [1.807, 2.05) is 0 Å². The lowest BCUT2D eigenvalue weighted by Crippen LogP contribution is -1.76. The molecule has 48 valence electrons. The summed E-state index contributed by atoms with van der Waals surface area (Å²) >= 11 is 7.02. The van der Waals surface area contributed by atoms with E-state index in [1.165, 1.54) is 6.07 Å². The minimum Gasteiger partial charge on any atom is -0.206 e. The topological polar surface area (TPSA) is 0 Å². The van der Waals surface area contributed by atoms with E-state index in [4.69, 9.17) is 0 Å². The summed E-state index contributed by atoms with van der Waals surface area (Å²) in [6, 6.07) is 4.73. The summed E-state index contributed by atoms with van der Waals surface area (Å²) in [5.41, 5.74) is 0. The van der Waals surface area contributed by atoms with Crippen molar-refractivity contribution in [1.82, 2.24) is 0 Å². The molecule has 0 radical (unpaired) electrons. The molecule has 0 nitrogen and oxygen atoms in total. The average molecular weight is 207 g/mol. The van der Waals surface area contributed by atoms with Gasteiger partial charge in [-0.2, -0.15) is 0 Å². The Morgan fingerprint density at radius 2 is 2.11 bits per heavy atom. The monoisotopic (exact) mass is 206 g/mol. The van der Waals surface area contributed by atoms with Crippen LogP contribution in [0.15, 0.2) is 27.6 Å².